The van der Waals surface area contributed by atoms with Gasteiger partial charge in [-0.3, -0.25) is 9.36 Å². The van der Waals surface area contributed by atoms with E-state index in [1.54, 1.807) is 58.7 Å². The van der Waals surface area contributed by atoms with Crippen molar-refractivity contribution < 1.29 is 42.3 Å². The van der Waals surface area contributed by atoms with Crippen molar-refractivity contribution in [1.82, 2.24) is 14.2 Å². The van der Waals surface area contributed by atoms with Crippen LogP contribution < -0.4 is 20.5 Å². The normalized spacial score (nSPS) is 17.8. The molecule has 0 radical (unpaired) electrons. The molecule has 4 aromatic carbocycles. The predicted molar refractivity (Wildman–Crippen MR) is 252 cm³/mol. The van der Waals surface area contributed by atoms with Crippen LogP contribution in [0, 0.1) is 18.3 Å². The zero-order valence-electron chi connectivity index (χ0n) is 38.8. The van der Waals surface area contributed by atoms with Crippen LogP contribution in [0.5, 0.6) is 11.5 Å². The molecule has 5 aromatic rings. The van der Waals surface area contributed by atoms with Gasteiger partial charge in [0.15, 0.2) is 6.23 Å². The maximum Gasteiger partial charge on any atom is 0.351 e. The first-order chi connectivity index (χ1) is 31.9. The third kappa shape index (κ3) is 11.7. The van der Waals surface area contributed by atoms with Crippen molar-refractivity contribution in [1.29, 1.82) is 5.26 Å². The van der Waals surface area contributed by atoms with Crippen LogP contribution in [-0.4, -0.2) is 98.3 Å². The summed E-state index contributed by atoms with van der Waals surface area (Å²) in [5.41, 5.74) is 1.43. The third-order valence-corrected chi connectivity index (χ3v) is 13.2. The molecule has 5 atom stereocenters. The number of methoxy groups -OCH3 is 3. The van der Waals surface area contributed by atoms with Gasteiger partial charge in [-0.2, -0.15) is 10.2 Å². The molecule has 0 spiro atoms. The Morgan fingerprint density at radius 2 is 1.41 bits per heavy atom. The maximum absolute atomic E-state index is 14.2. The van der Waals surface area contributed by atoms with E-state index >= 15 is 0 Å². The number of rotatable bonds is 23. The largest absolute Gasteiger partial charge is 0.497 e. The van der Waals surface area contributed by atoms with Crippen molar-refractivity contribution in [2.45, 2.75) is 83.3 Å². The molecule has 4 unspecified atom stereocenters. The van der Waals surface area contributed by atoms with Crippen LogP contribution in [0.15, 0.2) is 120 Å². The molecule has 1 saturated heterocycles. The summed E-state index contributed by atoms with van der Waals surface area (Å²) in [6.45, 7) is 10.3. The summed E-state index contributed by atoms with van der Waals surface area (Å²) in [4.78, 5) is 31.8. The van der Waals surface area contributed by atoms with E-state index in [1.807, 2.05) is 84.9 Å². The number of aromatic nitrogens is 2. The summed E-state index contributed by atoms with van der Waals surface area (Å²) >= 11 is 0. The van der Waals surface area contributed by atoms with Crippen molar-refractivity contribution in [3.63, 3.8) is 0 Å². The Morgan fingerprint density at radius 3 is 1.95 bits per heavy atom. The lowest BCUT2D eigenvalue weighted by Gasteiger charge is -2.39. The summed E-state index contributed by atoms with van der Waals surface area (Å²) in [6.07, 6.45) is -2.14. The molecule has 0 aliphatic carbocycles. The van der Waals surface area contributed by atoms with Gasteiger partial charge in [0, 0.05) is 36.5 Å². The van der Waals surface area contributed by atoms with Gasteiger partial charge in [0.2, 0.25) is 0 Å². The van der Waals surface area contributed by atoms with Gasteiger partial charge in [0.1, 0.15) is 41.2 Å². The van der Waals surface area contributed by atoms with Gasteiger partial charge >= 0.3 is 5.69 Å². The van der Waals surface area contributed by atoms with E-state index < -0.39 is 50.3 Å². The highest BCUT2D eigenvalue weighted by molar-refractivity contribution is 7.44. The number of hydrogen-bond donors (Lipinski definition) is 1. The van der Waals surface area contributed by atoms with Crippen LogP contribution in [0.1, 0.15) is 73.0 Å². The second-order valence-electron chi connectivity index (χ2n) is 16.1. The number of nitriles is 1. The first kappa shape index (κ1) is 49.9. The molecule has 1 aliphatic rings. The number of ether oxygens (including phenoxy) is 6. The molecule has 1 aliphatic heterocycles. The Balaban J connectivity index is 1.49. The number of amides is 1. The minimum atomic E-state index is -1.86. The van der Waals surface area contributed by atoms with E-state index in [1.165, 1.54) is 4.57 Å². The van der Waals surface area contributed by atoms with Crippen molar-refractivity contribution >= 4 is 20.3 Å². The van der Waals surface area contributed by atoms with Crippen LogP contribution >= 0.6 is 8.53 Å². The van der Waals surface area contributed by atoms with Gasteiger partial charge in [-0.05, 0) is 87.7 Å². The highest BCUT2D eigenvalue weighted by Gasteiger charge is 2.51. The number of anilines is 1. The maximum atomic E-state index is 14.2. The molecule has 1 fully saturated rings. The molecule has 1 N–H and O–H groups in total. The number of benzene rings is 4. The molecule has 0 saturated carbocycles. The first-order valence-electron chi connectivity index (χ1n) is 21.9. The number of nitrogens with one attached hydrogen (secondary N) is 1. The topological polar surface area (TPSA) is 165 Å². The minimum absolute atomic E-state index is 0.0251. The van der Waals surface area contributed by atoms with E-state index in [4.69, 9.17) is 37.5 Å². The van der Waals surface area contributed by atoms with Crippen LogP contribution in [-0.2, 0) is 33.6 Å². The van der Waals surface area contributed by atoms with Crippen molar-refractivity contribution in [3.05, 3.63) is 154 Å². The number of carbonyl (C=O) groups is 1. The minimum Gasteiger partial charge on any atom is -0.497 e. The molecule has 0 bridgehead atoms. The van der Waals surface area contributed by atoms with Gasteiger partial charge in [-0.1, -0.05) is 72.8 Å². The fraction of sp³-hybridized carbons (Fsp3) is 0.400. The molecule has 1 amide bonds. The Labute approximate surface area is 388 Å². The number of nitrogens with zero attached hydrogens (tertiary/aromatic N) is 4. The molecular formula is C50H60N5O10P. The standard InChI is InChI=1S/C50H60N5O10P/c1-34(2)55(35(3)4)66(63-29-15-28-51)65-44-43(33-62-50(38-18-13-10-14-19-38,39-20-24-41(59-7)25-21-39)40-22-26-42(60-8)27-23-40)64-48(45(44)61-31-30-58-6)54-32-36(5)46(53-49(54)57)52-47(56)37-16-11-9-12-17-37/h9-14,16-27,32,34-35,43-45,48H,15,29-31,33H2,1-8H3,(H,52,53,56,57)/t43?,44?,45-,48?,66?/m0/s1. The average Bonchev–Trinajstić information content (AvgIpc) is 3.66. The second kappa shape index (κ2) is 23.8. The van der Waals surface area contributed by atoms with Crippen LogP contribution in [0.2, 0.25) is 0 Å². The van der Waals surface area contributed by atoms with E-state index in [0.717, 1.165) is 16.7 Å². The third-order valence-electron chi connectivity index (χ3n) is 11.1. The van der Waals surface area contributed by atoms with Crippen LogP contribution in [0.3, 0.4) is 0 Å². The smallest absolute Gasteiger partial charge is 0.351 e. The zero-order chi connectivity index (χ0) is 47.2. The summed E-state index contributed by atoms with van der Waals surface area (Å²) in [5.74, 6) is 1.04. The fourth-order valence-electron chi connectivity index (χ4n) is 7.96. The van der Waals surface area contributed by atoms with Gasteiger partial charge < -0.3 is 42.8 Å². The lowest BCUT2D eigenvalue weighted by molar-refractivity contribution is -0.0991. The molecule has 16 heteroatoms. The second-order valence-corrected chi connectivity index (χ2v) is 17.5. The quantitative estimate of drug-likeness (QED) is 0.0378. The predicted octanol–water partition coefficient (Wildman–Crippen LogP) is 8.42. The average molecular weight is 922 g/mol. The van der Waals surface area contributed by atoms with E-state index in [9.17, 15) is 14.9 Å². The number of carbonyl (C=O) groups excluding carboxylic acids is 1. The summed E-state index contributed by atoms with van der Waals surface area (Å²) in [6, 6.07) is 36.1. The van der Waals surface area contributed by atoms with E-state index in [0.29, 0.717) is 22.6 Å². The fourth-order valence-corrected chi connectivity index (χ4v) is 9.73. The highest BCUT2D eigenvalue weighted by Crippen LogP contribution is 2.51. The Kier molecular flexibility index (Phi) is 18.0. The Hall–Kier alpha value is -5.53. The molecular weight excluding hydrogens is 862 g/mol. The van der Waals surface area contributed by atoms with Crippen molar-refractivity contribution in [2.24, 2.45) is 0 Å². The zero-order valence-corrected chi connectivity index (χ0v) is 39.7. The lowest BCUT2D eigenvalue weighted by atomic mass is 9.80. The Bertz CT molecular complexity index is 2340. The van der Waals surface area contributed by atoms with E-state index in [2.05, 4.69) is 48.7 Å². The van der Waals surface area contributed by atoms with Gasteiger partial charge in [0.05, 0.1) is 53.1 Å². The van der Waals surface area contributed by atoms with E-state index in [-0.39, 0.29) is 50.7 Å². The van der Waals surface area contributed by atoms with Gasteiger partial charge in [-0.15, -0.1) is 0 Å². The summed E-state index contributed by atoms with van der Waals surface area (Å²) in [7, 11) is 2.95. The lowest BCUT2D eigenvalue weighted by Crippen LogP contribution is -2.43. The summed E-state index contributed by atoms with van der Waals surface area (Å²) in [5, 5.41) is 12.3. The van der Waals surface area contributed by atoms with Crippen LogP contribution in [0.4, 0.5) is 5.82 Å². The van der Waals surface area contributed by atoms with Gasteiger partial charge in [0.25, 0.3) is 14.4 Å². The highest BCUT2D eigenvalue weighted by atomic mass is 31.2. The van der Waals surface area contributed by atoms with Crippen molar-refractivity contribution in [3.8, 4) is 17.6 Å². The van der Waals surface area contributed by atoms with Crippen molar-refractivity contribution in [2.75, 3.05) is 53.1 Å². The van der Waals surface area contributed by atoms with Crippen LogP contribution in [0.25, 0.3) is 0 Å². The SMILES string of the molecule is COCCO[C@H]1C(OP(OCCC#N)N(C(C)C)C(C)C)C(COC(c2ccccc2)(c2ccc(OC)cc2)c2ccc(OC)cc2)OC1n1cc(C)c(NC(=O)c2ccccc2)nc1=O. The molecule has 6 rings (SSSR count). The van der Waals surface area contributed by atoms with Gasteiger partial charge in [-0.25, -0.2) is 9.46 Å². The molecule has 66 heavy (non-hydrogen) atoms. The molecule has 2 heterocycles. The molecule has 15 nitrogen and oxygen atoms in total. The number of aryl methyl sites for hydroxylation is 1. The summed E-state index contributed by atoms with van der Waals surface area (Å²) < 4.78 is 54.7. The molecule has 350 valence electrons. The first-order valence-corrected chi connectivity index (χ1v) is 23.0. The molecule has 1 aromatic heterocycles. The monoisotopic (exact) mass is 921 g/mol. The Morgan fingerprint density at radius 1 is 0.833 bits per heavy atom. The number of hydrogen-bond acceptors (Lipinski definition) is 13.